The molecule has 0 saturated carbocycles. The van der Waals surface area contributed by atoms with Gasteiger partial charge < -0.3 is 5.32 Å². The van der Waals surface area contributed by atoms with Gasteiger partial charge in [0, 0.05) is 24.0 Å². The maximum Gasteiger partial charge on any atom is 0.128 e. The van der Waals surface area contributed by atoms with Gasteiger partial charge in [0.15, 0.2) is 0 Å². The summed E-state index contributed by atoms with van der Waals surface area (Å²) in [6, 6.07) is 4.09. The molecule has 0 fully saturated rings. The van der Waals surface area contributed by atoms with Crippen molar-refractivity contribution < 1.29 is 0 Å². The molecule has 1 N–H and O–H groups in total. The third-order valence-corrected chi connectivity index (χ3v) is 2.13. The van der Waals surface area contributed by atoms with Crippen LogP contribution < -0.4 is 5.32 Å². The van der Waals surface area contributed by atoms with E-state index in [1.54, 1.807) is 0 Å². The van der Waals surface area contributed by atoms with Crippen molar-refractivity contribution in [3.8, 4) is 0 Å². The Morgan fingerprint density at radius 1 is 1.40 bits per heavy atom. The molecule has 0 spiro atoms. The Hall–Kier alpha value is -0.800. The third kappa shape index (κ3) is 3.36. The molecule has 1 aromatic heterocycles. The van der Waals surface area contributed by atoms with Crippen molar-refractivity contribution in [1.82, 2.24) is 10.3 Å². The number of nitrogens with one attached hydrogen (secondary N) is 1. The smallest absolute Gasteiger partial charge is 0.128 e. The van der Waals surface area contributed by atoms with E-state index in [-0.39, 0.29) is 24.8 Å². The van der Waals surface area contributed by atoms with E-state index in [1.807, 2.05) is 12.3 Å². The van der Waals surface area contributed by atoms with Crippen molar-refractivity contribution in [2.75, 3.05) is 13.1 Å². The minimum Gasteiger partial charge on any atom is -0.368 e. The van der Waals surface area contributed by atoms with Gasteiger partial charge in [0.05, 0.1) is 6.54 Å². The van der Waals surface area contributed by atoms with Gasteiger partial charge in [0.25, 0.3) is 0 Å². The van der Waals surface area contributed by atoms with Gasteiger partial charge in [-0.1, -0.05) is 6.92 Å². The molecule has 3 nitrogen and oxygen atoms in total. The summed E-state index contributed by atoms with van der Waals surface area (Å²) in [7, 11) is 0. The van der Waals surface area contributed by atoms with Gasteiger partial charge in [-0.25, -0.2) is 0 Å². The Balaban J connectivity index is 0.000000980. The molecule has 1 aliphatic heterocycles. The first-order chi connectivity index (χ1) is 6.40. The zero-order chi connectivity index (χ0) is 9.10. The summed E-state index contributed by atoms with van der Waals surface area (Å²) in [5, 5.41) is 3.25. The Kier molecular flexibility index (Phi) is 6.29. The lowest BCUT2D eigenvalue weighted by Crippen LogP contribution is -2.19. The number of pyridine rings is 1. The number of aromatic nitrogens is 1. The SMILES string of the molecule is CCc1cc(C2=NCCN2)ccn1.Cl.Cl. The maximum atomic E-state index is 4.36. The summed E-state index contributed by atoms with van der Waals surface area (Å²) in [6.07, 6.45) is 2.82. The zero-order valence-electron chi connectivity index (χ0n) is 8.56. The van der Waals surface area contributed by atoms with E-state index in [2.05, 4.69) is 28.3 Å². The highest BCUT2D eigenvalue weighted by Crippen LogP contribution is 2.05. The number of halogens is 2. The molecule has 0 unspecified atom stereocenters. The fraction of sp³-hybridized carbons (Fsp3) is 0.400. The van der Waals surface area contributed by atoms with Crippen LogP contribution in [0.1, 0.15) is 18.2 Å². The number of hydrogen-bond donors (Lipinski definition) is 1. The molecule has 0 saturated heterocycles. The van der Waals surface area contributed by atoms with Crippen LogP contribution in [0.4, 0.5) is 0 Å². The van der Waals surface area contributed by atoms with Gasteiger partial charge in [-0.15, -0.1) is 24.8 Å². The molecule has 15 heavy (non-hydrogen) atoms. The molecule has 0 bridgehead atoms. The lowest BCUT2D eigenvalue weighted by Gasteiger charge is -2.03. The second-order valence-electron chi connectivity index (χ2n) is 3.05. The number of aryl methyl sites for hydroxylation is 1. The molecule has 5 heteroatoms. The summed E-state index contributed by atoms with van der Waals surface area (Å²) in [4.78, 5) is 8.61. The van der Waals surface area contributed by atoms with Gasteiger partial charge in [-0.3, -0.25) is 9.98 Å². The van der Waals surface area contributed by atoms with Crippen LogP contribution in [0.15, 0.2) is 23.3 Å². The van der Waals surface area contributed by atoms with Crippen molar-refractivity contribution in [3.05, 3.63) is 29.6 Å². The normalized spacial score (nSPS) is 13.3. The monoisotopic (exact) mass is 247 g/mol. The van der Waals surface area contributed by atoms with Gasteiger partial charge in [-0.05, 0) is 18.6 Å². The van der Waals surface area contributed by atoms with Crippen LogP contribution in [0, 0.1) is 0 Å². The fourth-order valence-corrected chi connectivity index (χ4v) is 1.41. The topological polar surface area (TPSA) is 37.3 Å². The van der Waals surface area contributed by atoms with Crippen molar-refractivity contribution in [1.29, 1.82) is 0 Å². The maximum absolute atomic E-state index is 4.36. The predicted molar refractivity (Wildman–Crippen MR) is 67.5 cm³/mol. The van der Waals surface area contributed by atoms with E-state index in [9.17, 15) is 0 Å². The summed E-state index contributed by atoms with van der Waals surface area (Å²) >= 11 is 0. The first-order valence-corrected chi connectivity index (χ1v) is 4.64. The molecule has 0 aromatic carbocycles. The Morgan fingerprint density at radius 2 is 2.20 bits per heavy atom. The second kappa shape index (κ2) is 6.64. The van der Waals surface area contributed by atoms with E-state index < -0.39 is 0 Å². The highest BCUT2D eigenvalue weighted by Gasteiger charge is 2.07. The summed E-state index contributed by atoms with van der Waals surface area (Å²) in [5.41, 5.74) is 2.28. The van der Waals surface area contributed by atoms with Crippen LogP contribution in [-0.4, -0.2) is 23.9 Å². The standard InChI is InChI=1S/C10H13N3.2ClH/c1-2-9-7-8(3-4-11-9)10-12-5-6-13-10;;/h3-4,7H,2,5-6H2,1H3,(H,12,13);2*1H. The van der Waals surface area contributed by atoms with Crippen LogP contribution in [-0.2, 0) is 6.42 Å². The van der Waals surface area contributed by atoms with E-state index in [0.717, 1.165) is 36.6 Å². The molecule has 2 heterocycles. The number of amidine groups is 1. The summed E-state index contributed by atoms with van der Waals surface area (Å²) < 4.78 is 0. The van der Waals surface area contributed by atoms with Crippen LogP contribution in [0.2, 0.25) is 0 Å². The minimum atomic E-state index is 0. The summed E-state index contributed by atoms with van der Waals surface area (Å²) in [6.45, 7) is 3.95. The molecule has 1 aromatic rings. The molecule has 0 aliphatic carbocycles. The van der Waals surface area contributed by atoms with E-state index in [4.69, 9.17) is 0 Å². The Morgan fingerprint density at radius 3 is 2.80 bits per heavy atom. The number of nitrogens with zero attached hydrogens (tertiary/aromatic N) is 2. The van der Waals surface area contributed by atoms with Crippen LogP contribution >= 0.6 is 24.8 Å². The second-order valence-corrected chi connectivity index (χ2v) is 3.05. The molecular formula is C10H15Cl2N3. The lowest BCUT2D eigenvalue weighted by atomic mass is 10.2. The van der Waals surface area contributed by atoms with Gasteiger partial charge in [0.2, 0.25) is 0 Å². The van der Waals surface area contributed by atoms with E-state index in [1.165, 1.54) is 0 Å². The number of aliphatic imine (C=N–C) groups is 1. The third-order valence-electron chi connectivity index (χ3n) is 2.13. The lowest BCUT2D eigenvalue weighted by molar-refractivity contribution is 0.959. The zero-order valence-corrected chi connectivity index (χ0v) is 10.2. The highest BCUT2D eigenvalue weighted by atomic mass is 35.5. The number of rotatable bonds is 2. The molecule has 0 amide bonds. The molecule has 2 rings (SSSR count). The molecule has 84 valence electrons. The van der Waals surface area contributed by atoms with Crippen LogP contribution in [0.5, 0.6) is 0 Å². The first-order valence-electron chi connectivity index (χ1n) is 4.64. The predicted octanol–water partition coefficient (Wildman–Crippen LogP) is 1.84. The summed E-state index contributed by atoms with van der Waals surface area (Å²) in [5.74, 6) is 1.01. The first kappa shape index (κ1) is 14.2. The van der Waals surface area contributed by atoms with Gasteiger partial charge >= 0.3 is 0 Å². The Bertz CT molecular complexity index is 339. The van der Waals surface area contributed by atoms with Crippen LogP contribution in [0.3, 0.4) is 0 Å². The van der Waals surface area contributed by atoms with Gasteiger partial charge in [0.1, 0.15) is 5.84 Å². The molecule has 0 atom stereocenters. The average molecular weight is 248 g/mol. The largest absolute Gasteiger partial charge is 0.368 e. The average Bonchev–Trinajstić information content (AvgIpc) is 2.71. The molecule has 0 radical (unpaired) electrons. The number of hydrogen-bond acceptors (Lipinski definition) is 3. The van der Waals surface area contributed by atoms with Crippen molar-refractivity contribution in [2.24, 2.45) is 4.99 Å². The van der Waals surface area contributed by atoms with E-state index in [0.29, 0.717) is 0 Å². The fourth-order valence-electron chi connectivity index (χ4n) is 1.41. The van der Waals surface area contributed by atoms with Crippen molar-refractivity contribution in [2.45, 2.75) is 13.3 Å². The highest BCUT2D eigenvalue weighted by molar-refractivity contribution is 5.99. The minimum absolute atomic E-state index is 0. The Labute approximate surface area is 102 Å². The van der Waals surface area contributed by atoms with Crippen LogP contribution in [0.25, 0.3) is 0 Å². The van der Waals surface area contributed by atoms with E-state index >= 15 is 0 Å². The quantitative estimate of drug-likeness (QED) is 0.867. The van der Waals surface area contributed by atoms with Crippen molar-refractivity contribution in [3.63, 3.8) is 0 Å². The van der Waals surface area contributed by atoms with Crippen molar-refractivity contribution >= 4 is 30.6 Å². The molecular weight excluding hydrogens is 233 g/mol. The van der Waals surface area contributed by atoms with Gasteiger partial charge in [-0.2, -0.15) is 0 Å². The molecule has 1 aliphatic rings.